The van der Waals surface area contributed by atoms with E-state index in [0.717, 1.165) is 35.6 Å². The third-order valence-corrected chi connectivity index (χ3v) is 8.07. The molecule has 0 unspecified atom stereocenters. The zero-order valence-corrected chi connectivity index (χ0v) is 20.0. The molecule has 1 aliphatic heterocycles. The molecular weight excluding hydrogens is 493 g/mol. The van der Waals surface area contributed by atoms with E-state index in [1.54, 1.807) is 0 Å². The molecule has 0 saturated heterocycles. The molecule has 3 aromatic rings. The second-order valence-electron chi connectivity index (χ2n) is 9.06. The molecule has 5 rings (SSSR count). The van der Waals surface area contributed by atoms with Crippen LogP contribution in [0.3, 0.4) is 0 Å². The lowest BCUT2D eigenvalue weighted by Gasteiger charge is -2.44. The molecule has 1 aliphatic carbocycles. The Morgan fingerprint density at radius 3 is 2.08 bits per heavy atom. The summed E-state index contributed by atoms with van der Waals surface area (Å²) in [6, 6.07) is 18.4. The first kappa shape index (κ1) is 24.6. The summed E-state index contributed by atoms with van der Waals surface area (Å²) >= 11 is 0. The molecule has 10 heteroatoms. The highest BCUT2D eigenvalue weighted by Crippen LogP contribution is 2.49. The van der Waals surface area contributed by atoms with E-state index in [0.29, 0.717) is 30.8 Å². The number of nitrogens with one attached hydrogen (secondary N) is 1. The lowest BCUT2D eigenvalue weighted by molar-refractivity contribution is -0.127. The van der Waals surface area contributed by atoms with Gasteiger partial charge in [0, 0.05) is 0 Å². The Labute approximate surface area is 207 Å². The number of hydrogen-bond donors (Lipinski definition) is 2. The van der Waals surface area contributed by atoms with Crippen molar-refractivity contribution in [3.63, 3.8) is 0 Å². The number of ether oxygens (including phenoxy) is 1. The Balaban J connectivity index is 1.39. The van der Waals surface area contributed by atoms with Gasteiger partial charge in [0.05, 0.1) is 40.9 Å². The Kier molecular flexibility index (Phi) is 6.44. The molecule has 0 spiro atoms. The van der Waals surface area contributed by atoms with E-state index in [2.05, 4.69) is 4.72 Å². The zero-order chi connectivity index (χ0) is 25.5. The van der Waals surface area contributed by atoms with Crippen LogP contribution in [-0.2, 0) is 16.4 Å². The van der Waals surface area contributed by atoms with Crippen LogP contribution >= 0.6 is 0 Å². The molecule has 3 atom stereocenters. The van der Waals surface area contributed by atoms with Gasteiger partial charge in [-0.25, -0.2) is 13.1 Å². The average molecular weight is 519 g/mol. The number of rotatable bonds is 5. The first-order valence-corrected chi connectivity index (χ1v) is 13.1. The molecular formula is C26H25F3N2O4S. The number of aliphatic hydroxyl groups is 1. The highest BCUT2D eigenvalue weighted by atomic mass is 32.2. The van der Waals surface area contributed by atoms with E-state index >= 15 is 0 Å². The lowest BCUT2D eigenvalue weighted by atomic mass is 9.86. The molecule has 0 aromatic heterocycles. The number of benzene rings is 3. The van der Waals surface area contributed by atoms with Crippen molar-refractivity contribution in [1.29, 1.82) is 0 Å². The number of fused-ring (bicyclic) bond motifs is 2. The number of hydrogen-bond acceptors (Lipinski definition) is 5. The van der Waals surface area contributed by atoms with Crippen LogP contribution in [0.25, 0.3) is 0 Å². The summed E-state index contributed by atoms with van der Waals surface area (Å²) in [5.74, 6) is 1.29. The van der Waals surface area contributed by atoms with Crippen molar-refractivity contribution < 1.29 is 31.4 Å². The maximum Gasteiger partial charge on any atom is 0.393 e. The smallest absolute Gasteiger partial charge is 0.393 e. The van der Waals surface area contributed by atoms with Crippen LogP contribution in [-0.4, -0.2) is 37.9 Å². The standard InChI is InChI=1S/C26H25F3N2O4S/c27-26(28,29)16-17-12-14-18(15-13-17)36(33,34)30-19-6-5-9-22(25(19)32)31-20-7-1-3-10-23(20)35-24-11-4-2-8-21(24)31/h1-4,7-8,10-15,19,22,25,30,32H,5-6,9,16H2/t19-,22+,25+/m1/s1. The Morgan fingerprint density at radius 1 is 0.917 bits per heavy atom. The number of para-hydroxylation sites is 4. The third kappa shape index (κ3) is 4.93. The molecule has 2 aliphatic rings. The minimum atomic E-state index is -4.38. The Morgan fingerprint density at radius 2 is 1.50 bits per heavy atom. The average Bonchev–Trinajstić information content (AvgIpc) is 2.83. The first-order chi connectivity index (χ1) is 17.1. The van der Waals surface area contributed by atoms with E-state index < -0.39 is 40.8 Å². The van der Waals surface area contributed by atoms with Crippen LogP contribution in [0.15, 0.2) is 77.7 Å². The second-order valence-corrected chi connectivity index (χ2v) is 10.8. The lowest BCUT2D eigenvalue weighted by Crippen LogP contribution is -2.56. The van der Waals surface area contributed by atoms with Crippen molar-refractivity contribution in [3.8, 4) is 11.5 Å². The summed E-state index contributed by atoms with van der Waals surface area (Å²) in [6.45, 7) is 0. The van der Waals surface area contributed by atoms with E-state index in [1.165, 1.54) is 0 Å². The number of nitrogens with zero attached hydrogens (tertiary/aromatic N) is 1. The molecule has 1 fully saturated rings. The second kappa shape index (κ2) is 9.42. The molecule has 0 radical (unpaired) electrons. The Hall–Kier alpha value is -3.08. The maximum absolute atomic E-state index is 13.0. The predicted octanol–water partition coefficient (Wildman–Crippen LogP) is 5.30. The quantitative estimate of drug-likeness (QED) is 0.480. The summed E-state index contributed by atoms with van der Waals surface area (Å²) in [5, 5.41) is 11.4. The van der Waals surface area contributed by atoms with Crippen molar-refractivity contribution in [2.45, 2.75) is 54.9 Å². The first-order valence-electron chi connectivity index (χ1n) is 11.6. The van der Waals surface area contributed by atoms with E-state index in [1.807, 2.05) is 53.4 Å². The van der Waals surface area contributed by atoms with Crippen molar-refractivity contribution in [2.24, 2.45) is 0 Å². The molecule has 6 nitrogen and oxygen atoms in total. The monoisotopic (exact) mass is 518 g/mol. The van der Waals surface area contributed by atoms with Crippen molar-refractivity contribution >= 4 is 21.4 Å². The van der Waals surface area contributed by atoms with Crippen LogP contribution in [0.5, 0.6) is 11.5 Å². The topological polar surface area (TPSA) is 78.9 Å². The van der Waals surface area contributed by atoms with Crippen molar-refractivity contribution in [2.75, 3.05) is 4.90 Å². The van der Waals surface area contributed by atoms with Crippen LogP contribution < -0.4 is 14.4 Å². The fourth-order valence-corrected chi connectivity index (χ4v) is 6.23. The molecule has 1 heterocycles. The van der Waals surface area contributed by atoms with Gasteiger partial charge in [0.15, 0.2) is 11.5 Å². The minimum Gasteiger partial charge on any atom is -0.453 e. The Bertz CT molecular complexity index is 1300. The fourth-order valence-electron chi connectivity index (χ4n) is 4.94. The van der Waals surface area contributed by atoms with Gasteiger partial charge in [0.25, 0.3) is 0 Å². The van der Waals surface area contributed by atoms with E-state index in [4.69, 9.17) is 4.74 Å². The van der Waals surface area contributed by atoms with Gasteiger partial charge in [0.2, 0.25) is 10.0 Å². The number of sulfonamides is 1. The molecule has 3 aromatic carbocycles. The summed E-state index contributed by atoms with van der Waals surface area (Å²) < 4.78 is 72.6. The molecule has 2 N–H and O–H groups in total. The molecule has 0 amide bonds. The largest absolute Gasteiger partial charge is 0.453 e. The van der Waals surface area contributed by atoms with Gasteiger partial charge in [-0.2, -0.15) is 13.2 Å². The zero-order valence-electron chi connectivity index (χ0n) is 19.1. The number of anilines is 2. The number of alkyl halides is 3. The molecule has 190 valence electrons. The van der Waals surface area contributed by atoms with Crippen LogP contribution in [0.2, 0.25) is 0 Å². The predicted molar refractivity (Wildman–Crippen MR) is 129 cm³/mol. The summed E-state index contributed by atoms with van der Waals surface area (Å²) in [7, 11) is -4.06. The normalized spacial score (nSPS) is 21.9. The molecule has 1 saturated carbocycles. The van der Waals surface area contributed by atoms with Crippen molar-refractivity contribution in [3.05, 3.63) is 78.4 Å². The summed E-state index contributed by atoms with van der Waals surface area (Å²) in [5.41, 5.74) is 1.54. The number of halogens is 3. The highest BCUT2D eigenvalue weighted by molar-refractivity contribution is 7.89. The summed E-state index contributed by atoms with van der Waals surface area (Å²) in [6.07, 6.45) is -4.83. The SMILES string of the molecule is O=S(=O)(N[C@@H]1CCC[C@H](N2c3ccccc3Oc3ccccc32)[C@H]1O)c1ccc(CC(F)(F)F)cc1. The fraction of sp³-hybridized carbons (Fsp3) is 0.308. The van der Waals surface area contributed by atoms with Gasteiger partial charge in [-0.15, -0.1) is 0 Å². The van der Waals surface area contributed by atoms with E-state index in [9.17, 15) is 26.7 Å². The van der Waals surface area contributed by atoms with Crippen LogP contribution in [0, 0.1) is 0 Å². The minimum absolute atomic E-state index is 0.0242. The highest BCUT2D eigenvalue weighted by Gasteiger charge is 2.41. The maximum atomic E-state index is 13.0. The van der Waals surface area contributed by atoms with Gasteiger partial charge in [-0.1, -0.05) is 36.4 Å². The van der Waals surface area contributed by atoms with Gasteiger partial charge >= 0.3 is 6.18 Å². The number of aliphatic hydroxyl groups excluding tert-OH is 1. The van der Waals surface area contributed by atoms with Crippen LogP contribution in [0.4, 0.5) is 24.5 Å². The van der Waals surface area contributed by atoms with Crippen LogP contribution in [0.1, 0.15) is 24.8 Å². The third-order valence-electron chi connectivity index (χ3n) is 6.57. The molecule has 36 heavy (non-hydrogen) atoms. The van der Waals surface area contributed by atoms with Gasteiger partial charge in [-0.05, 0) is 61.2 Å². The van der Waals surface area contributed by atoms with Gasteiger partial charge in [0.1, 0.15) is 0 Å². The summed E-state index contributed by atoms with van der Waals surface area (Å²) in [4.78, 5) is 1.86. The van der Waals surface area contributed by atoms with Crippen molar-refractivity contribution in [1.82, 2.24) is 4.72 Å². The van der Waals surface area contributed by atoms with Gasteiger partial charge < -0.3 is 14.7 Å². The molecule has 0 bridgehead atoms. The van der Waals surface area contributed by atoms with E-state index in [-0.39, 0.29) is 10.5 Å². The van der Waals surface area contributed by atoms with Gasteiger partial charge in [-0.3, -0.25) is 0 Å².